The van der Waals surface area contributed by atoms with E-state index in [1.54, 1.807) is 6.08 Å². The van der Waals surface area contributed by atoms with Gasteiger partial charge in [-0.3, -0.25) is 0 Å². The molecular formula is C19H16O. The SMILES string of the molecule is C=CCOC1(C#Cc2ccccc2)Cc2ccccc21. The third kappa shape index (κ3) is 2.27. The van der Waals surface area contributed by atoms with E-state index in [1.165, 1.54) is 11.1 Å². The van der Waals surface area contributed by atoms with Gasteiger partial charge >= 0.3 is 0 Å². The van der Waals surface area contributed by atoms with Crippen LogP contribution in [0, 0.1) is 11.8 Å². The van der Waals surface area contributed by atoms with Gasteiger partial charge < -0.3 is 4.74 Å². The first kappa shape index (κ1) is 12.7. The Morgan fingerprint density at radius 3 is 2.60 bits per heavy atom. The highest BCUT2D eigenvalue weighted by molar-refractivity contribution is 5.51. The van der Waals surface area contributed by atoms with Crippen molar-refractivity contribution in [2.45, 2.75) is 12.0 Å². The Bertz CT molecular complexity index is 676. The van der Waals surface area contributed by atoms with Crippen LogP contribution in [0.25, 0.3) is 0 Å². The molecule has 1 atom stereocenters. The monoisotopic (exact) mass is 260 g/mol. The van der Waals surface area contributed by atoms with Gasteiger partial charge in [-0.15, -0.1) is 6.58 Å². The fraction of sp³-hybridized carbons (Fsp3) is 0.158. The summed E-state index contributed by atoms with van der Waals surface area (Å²) in [6.07, 6.45) is 2.61. The number of hydrogen-bond acceptors (Lipinski definition) is 1. The summed E-state index contributed by atoms with van der Waals surface area (Å²) in [5, 5.41) is 0. The van der Waals surface area contributed by atoms with Crippen molar-refractivity contribution in [3.05, 3.63) is 83.9 Å². The average molecular weight is 260 g/mol. The van der Waals surface area contributed by atoms with Crippen LogP contribution in [0.5, 0.6) is 0 Å². The molecule has 20 heavy (non-hydrogen) atoms. The molecule has 0 bridgehead atoms. The van der Waals surface area contributed by atoms with Crippen LogP contribution in [0.3, 0.4) is 0 Å². The normalized spacial score (nSPS) is 19.2. The van der Waals surface area contributed by atoms with Gasteiger partial charge in [0.15, 0.2) is 5.60 Å². The first-order valence-electron chi connectivity index (χ1n) is 6.75. The molecule has 0 amide bonds. The summed E-state index contributed by atoms with van der Waals surface area (Å²) in [7, 11) is 0. The molecule has 0 N–H and O–H groups in total. The quantitative estimate of drug-likeness (QED) is 0.604. The summed E-state index contributed by atoms with van der Waals surface area (Å²) < 4.78 is 5.97. The molecule has 2 aromatic carbocycles. The van der Waals surface area contributed by atoms with E-state index in [2.05, 4.69) is 36.6 Å². The maximum absolute atomic E-state index is 5.97. The molecule has 0 saturated carbocycles. The van der Waals surface area contributed by atoms with E-state index in [1.807, 2.05) is 36.4 Å². The predicted octanol–water partition coefficient (Wildman–Crippen LogP) is 3.69. The van der Waals surface area contributed by atoms with E-state index < -0.39 is 5.60 Å². The summed E-state index contributed by atoms with van der Waals surface area (Å²) in [5.74, 6) is 6.55. The van der Waals surface area contributed by atoms with Gasteiger partial charge in [0.2, 0.25) is 0 Å². The molecule has 0 radical (unpaired) electrons. The van der Waals surface area contributed by atoms with Gasteiger partial charge in [0, 0.05) is 12.0 Å². The van der Waals surface area contributed by atoms with Gasteiger partial charge in [-0.2, -0.15) is 0 Å². The number of hydrogen-bond donors (Lipinski definition) is 0. The Labute approximate surface area is 119 Å². The number of fused-ring (bicyclic) bond motifs is 1. The Hall–Kier alpha value is -2.30. The molecule has 0 aromatic heterocycles. The van der Waals surface area contributed by atoms with E-state index in [9.17, 15) is 0 Å². The topological polar surface area (TPSA) is 9.23 Å². The molecule has 1 heteroatoms. The van der Waals surface area contributed by atoms with Gasteiger partial charge in [0.1, 0.15) is 0 Å². The second kappa shape index (κ2) is 5.36. The summed E-state index contributed by atoms with van der Waals surface area (Å²) in [6.45, 7) is 4.23. The van der Waals surface area contributed by atoms with Crippen LogP contribution >= 0.6 is 0 Å². The van der Waals surface area contributed by atoms with Crippen molar-refractivity contribution in [3.63, 3.8) is 0 Å². The zero-order valence-electron chi connectivity index (χ0n) is 11.3. The molecule has 1 aliphatic carbocycles. The molecule has 0 aliphatic heterocycles. The van der Waals surface area contributed by atoms with Crippen LogP contribution in [0.1, 0.15) is 16.7 Å². The van der Waals surface area contributed by atoms with Crippen molar-refractivity contribution >= 4 is 0 Å². The number of benzene rings is 2. The molecular weight excluding hydrogens is 244 g/mol. The molecule has 1 nitrogen and oxygen atoms in total. The lowest BCUT2D eigenvalue weighted by Crippen LogP contribution is -2.40. The van der Waals surface area contributed by atoms with Gasteiger partial charge in [-0.1, -0.05) is 60.4 Å². The number of rotatable bonds is 3. The molecule has 3 rings (SSSR count). The maximum Gasteiger partial charge on any atom is 0.159 e. The van der Waals surface area contributed by atoms with Crippen LogP contribution in [0.4, 0.5) is 0 Å². The molecule has 1 unspecified atom stereocenters. The minimum atomic E-state index is -0.472. The third-order valence-corrected chi connectivity index (χ3v) is 3.52. The third-order valence-electron chi connectivity index (χ3n) is 3.52. The second-order valence-electron chi connectivity index (χ2n) is 4.88. The molecule has 2 aromatic rings. The number of ether oxygens (including phenoxy) is 1. The largest absolute Gasteiger partial charge is 0.354 e. The second-order valence-corrected chi connectivity index (χ2v) is 4.88. The molecule has 1 aliphatic rings. The van der Waals surface area contributed by atoms with Crippen LogP contribution in [-0.2, 0) is 16.8 Å². The Morgan fingerprint density at radius 1 is 1.10 bits per heavy atom. The van der Waals surface area contributed by atoms with Crippen LogP contribution < -0.4 is 0 Å². The van der Waals surface area contributed by atoms with E-state index >= 15 is 0 Å². The zero-order valence-corrected chi connectivity index (χ0v) is 11.3. The summed E-state index contributed by atoms with van der Waals surface area (Å²) in [6, 6.07) is 18.3. The maximum atomic E-state index is 5.97. The van der Waals surface area contributed by atoms with Gasteiger partial charge in [-0.25, -0.2) is 0 Å². The molecule has 0 spiro atoms. The molecule has 0 heterocycles. The standard InChI is InChI=1S/C19H16O/c1-2-14-20-19(13-12-16-8-4-3-5-9-16)15-17-10-6-7-11-18(17)19/h2-11H,1,14-15H2. The van der Waals surface area contributed by atoms with Gasteiger partial charge in [0.05, 0.1) is 6.61 Å². The highest BCUT2D eigenvalue weighted by Crippen LogP contribution is 2.41. The average Bonchev–Trinajstić information content (AvgIpc) is 2.49. The van der Waals surface area contributed by atoms with Crippen molar-refractivity contribution in [3.8, 4) is 11.8 Å². The highest BCUT2D eigenvalue weighted by atomic mass is 16.5. The molecule has 0 saturated heterocycles. The minimum absolute atomic E-state index is 0.472. The van der Waals surface area contributed by atoms with Crippen LogP contribution in [0.2, 0.25) is 0 Å². The Kier molecular flexibility index (Phi) is 3.41. The van der Waals surface area contributed by atoms with Crippen molar-refractivity contribution in [1.82, 2.24) is 0 Å². The predicted molar refractivity (Wildman–Crippen MR) is 81.3 cm³/mol. The smallest absolute Gasteiger partial charge is 0.159 e. The molecule has 98 valence electrons. The first-order valence-corrected chi connectivity index (χ1v) is 6.75. The van der Waals surface area contributed by atoms with Crippen molar-refractivity contribution in [2.75, 3.05) is 6.61 Å². The lowest BCUT2D eigenvalue weighted by molar-refractivity contribution is -0.00517. The van der Waals surface area contributed by atoms with Crippen molar-refractivity contribution < 1.29 is 4.74 Å². The first-order chi connectivity index (χ1) is 9.84. The minimum Gasteiger partial charge on any atom is -0.354 e. The van der Waals surface area contributed by atoms with Crippen LogP contribution in [-0.4, -0.2) is 6.61 Å². The fourth-order valence-corrected chi connectivity index (χ4v) is 2.50. The van der Waals surface area contributed by atoms with Crippen molar-refractivity contribution in [2.24, 2.45) is 0 Å². The fourth-order valence-electron chi connectivity index (χ4n) is 2.50. The van der Waals surface area contributed by atoms with Crippen LogP contribution in [0.15, 0.2) is 67.3 Å². The summed E-state index contributed by atoms with van der Waals surface area (Å²) in [4.78, 5) is 0. The summed E-state index contributed by atoms with van der Waals surface area (Å²) in [5.41, 5.74) is 3.04. The van der Waals surface area contributed by atoms with E-state index in [-0.39, 0.29) is 0 Å². The summed E-state index contributed by atoms with van der Waals surface area (Å²) >= 11 is 0. The van der Waals surface area contributed by atoms with Gasteiger partial charge in [-0.05, 0) is 23.3 Å². The highest BCUT2D eigenvalue weighted by Gasteiger charge is 2.42. The van der Waals surface area contributed by atoms with Gasteiger partial charge in [0.25, 0.3) is 0 Å². The lowest BCUT2D eigenvalue weighted by atomic mass is 9.73. The molecule has 0 fully saturated rings. The van der Waals surface area contributed by atoms with E-state index in [0.717, 1.165) is 12.0 Å². The van der Waals surface area contributed by atoms with E-state index in [4.69, 9.17) is 4.74 Å². The lowest BCUT2D eigenvalue weighted by Gasteiger charge is -2.39. The zero-order chi connectivity index (χ0) is 13.8. The Balaban J connectivity index is 1.94. The van der Waals surface area contributed by atoms with E-state index in [0.29, 0.717) is 6.61 Å². The Morgan fingerprint density at radius 2 is 1.85 bits per heavy atom. The van der Waals surface area contributed by atoms with Crippen molar-refractivity contribution in [1.29, 1.82) is 0 Å².